The summed E-state index contributed by atoms with van der Waals surface area (Å²) in [4.78, 5) is 2.09. The lowest BCUT2D eigenvalue weighted by Gasteiger charge is -2.21. The SMILES string of the molecule is CN(CCCCCN)c1ccccc1S(N)(=O)=O. The highest BCUT2D eigenvalue weighted by Crippen LogP contribution is 2.23. The molecule has 1 aromatic rings. The average molecular weight is 271 g/mol. The van der Waals surface area contributed by atoms with Crippen LogP contribution in [0.2, 0.25) is 0 Å². The van der Waals surface area contributed by atoms with Gasteiger partial charge in [0.25, 0.3) is 0 Å². The Morgan fingerprint density at radius 1 is 1.17 bits per heavy atom. The summed E-state index contributed by atoms with van der Waals surface area (Å²) in [6, 6.07) is 6.77. The van der Waals surface area contributed by atoms with Gasteiger partial charge in [-0.3, -0.25) is 0 Å². The molecule has 1 aromatic carbocycles. The number of benzene rings is 1. The number of anilines is 1. The van der Waals surface area contributed by atoms with Crippen molar-refractivity contribution in [3.05, 3.63) is 24.3 Å². The molecule has 0 atom stereocenters. The Labute approximate surface area is 109 Å². The van der Waals surface area contributed by atoms with E-state index in [9.17, 15) is 8.42 Å². The number of hydrogen-bond donors (Lipinski definition) is 2. The molecule has 0 fully saturated rings. The molecule has 102 valence electrons. The topological polar surface area (TPSA) is 89.4 Å². The first-order chi connectivity index (χ1) is 8.46. The Bertz CT molecular complexity index is 474. The third-order valence-electron chi connectivity index (χ3n) is 2.78. The van der Waals surface area contributed by atoms with E-state index in [1.807, 2.05) is 11.9 Å². The number of hydrogen-bond acceptors (Lipinski definition) is 4. The van der Waals surface area contributed by atoms with E-state index in [4.69, 9.17) is 10.9 Å². The second-order valence-electron chi connectivity index (χ2n) is 4.28. The van der Waals surface area contributed by atoms with Gasteiger partial charge >= 0.3 is 0 Å². The number of primary sulfonamides is 1. The minimum Gasteiger partial charge on any atom is -0.374 e. The van der Waals surface area contributed by atoms with Gasteiger partial charge < -0.3 is 10.6 Å². The molecule has 6 heteroatoms. The van der Waals surface area contributed by atoms with Gasteiger partial charge in [0.2, 0.25) is 10.0 Å². The number of unbranched alkanes of at least 4 members (excludes halogenated alkanes) is 2. The van der Waals surface area contributed by atoms with E-state index in [1.54, 1.807) is 18.2 Å². The summed E-state index contributed by atoms with van der Waals surface area (Å²) >= 11 is 0. The molecule has 0 aliphatic carbocycles. The van der Waals surface area contributed by atoms with E-state index in [2.05, 4.69) is 0 Å². The number of sulfonamides is 1. The van der Waals surface area contributed by atoms with Crippen molar-refractivity contribution in [2.45, 2.75) is 24.2 Å². The zero-order chi connectivity index (χ0) is 13.6. The average Bonchev–Trinajstić information content (AvgIpc) is 2.33. The molecule has 0 radical (unpaired) electrons. The van der Waals surface area contributed by atoms with Gasteiger partial charge in [-0.15, -0.1) is 0 Å². The van der Waals surface area contributed by atoms with Crippen LogP contribution in [0.1, 0.15) is 19.3 Å². The fraction of sp³-hybridized carbons (Fsp3) is 0.500. The van der Waals surface area contributed by atoms with E-state index in [0.29, 0.717) is 12.2 Å². The quantitative estimate of drug-likeness (QED) is 0.721. The molecule has 0 bridgehead atoms. The molecular formula is C12H21N3O2S. The van der Waals surface area contributed by atoms with Gasteiger partial charge in [-0.25, -0.2) is 13.6 Å². The molecule has 5 nitrogen and oxygen atoms in total. The minimum absolute atomic E-state index is 0.173. The Morgan fingerprint density at radius 2 is 1.83 bits per heavy atom. The lowest BCUT2D eigenvalue weighted by molar-refractivity contribution is 0.597. The van der Waals surface area contributed by atoms with Gasteiger partial charge in [0.15, 0.2) is 0 Å². The molecule has 0 aliphatic rings. The molecule has 0 saturated carbocycles. The monoisotopic (exact) mass is 271 g/mol. The van der Waals surface area contributed by atoms with Crippen LogP contribution in [0.15, 0.2) is 29.2 Å². The van der Waals surface area contributed by atoms with E-state index in [1.165, 1.54) is 6.07 Å². The first-order valence-corrected chi connectivity index (χ1v) is 7.54. The van der Waals surface area contributed by atoms with Crippen molar-refractivity contribution >= 4 is 15.7 Å². The summed E-state index contributed by atoms with van der Waals surface area (Å²) in [5.74, 6) is 0. The molecule has 0 aromatic heterocycles. The molecule has 18 heavy (non-hydrogen) atoms. The largest absolute Gasteiger partial charge is 0.374 e. The summed E-state index contributed by atoms with van der Waals surface area (Å²) < 4.78 is 22.9. The van der Waals surface area contributed by atoms with Crippen LogP contribution in [-0.4, -0.2) is 28.6 Å². The lowest BCUT2D eigenvalue weighted by Crippen LogP contribution is -2.23. The fourth-order valence-corrected chi connectivity index (χ4v) is 2.59. The first-order valence-electron chi connectivity index (χ1n) is 6.00. The number of rotatable bonds is 7. The maximum atomic E-state index is 11.5. The van der Waals surface area contributed by atoms with Crippen molar-refractivity contribution in [3.8, 4) is 0 Å². The molecule has 0 unspecified atom stereocenters. The highest BCUT2D eigenvalue weighted by Gasteiger charge is 2.15. The molecule has 0 heterocycles. The standard InChI is InChI=1S/C12H21N3O2S/c1-15(10-6-2-5-9-13)11-7-3-4-8-12(11)18(14,16)17/h3-4,7-8H,2,5-6,9-10,13H2,1H3,(H2,14,16,17). The van der Waals surface area contributed by atoms with Crippen molar-refractivity contribution < 1.29 is 8.42 Å². The van der Waals surface area contributed by atoms with Crippen LogP contribution in [0.25, 0.3) is 0 Å². The Balaban J connectivity index is 2.77. The summed E-state index contributed by atoms with van der Waals surface area (Å²) in [6.45, 7) is 1.48. The zero-order valence-corrected chi connectivity index (χ0v) is 11.5. The maximum Gasteiger partial charge on any atom is 0.240 e. The molecule has 0 amide bonds. The molecule has 0 spiro atoms. The highest BCUT2D eigenvalue weighted by molar-refractivity contribution is 7.89. The fourth-order valence-electron chi connectivity index (χ4n) is 1.80. The van der Waals surface area contributed by atoms with Crippen LogP contribution in [0.3, 0.4) is 0 Å². The second-order valence-corrected chi connectivity index (χ2v) is 5.81. The van der Waals surface area contributed by atoms with Crippen LogP contribution >= 0.6 is 0 Å². The third-order valence-corrected chi connectivity index (χ3v) is 3.74. The van der Waals surface area contributed by atoms with Crippen molar-refractivity contribution in [2.24, 2.45) is 10.9 Å². The minimum atomic E-state index is -3.68. The molecule has 1 rings (SSSR count). The number of nitrogens with two attached hydrogens (primary N) is 2. The number of nitrogens with zero attached hydrogens (tertiary/aromatic N) is 1. The van der Waals surface area contributed by atoms with Crippen LogP contribution in [0.5, 0.6) is 0 Å². The molecule has 4 N–H and O–H groups in total. The van der Waals surface area contributed by atoms with Crippen LogP contribution in [-0.2, 0) is 10.0 Å². The van der Waals surface area contributed by atoms with Crippen molar-refractivity contribution in [2.75, 3.05) is 25.0 Å². The predicted octanol–water partition coefficient (Wildman–Crippen LogP) is 0.899. The van der Waals surface area contributed by atoms with Crippen LogP contribution < -0.4 is 15.8 Å². The van der Waals surface area contributed by atoms with Crippen molar-refractivity contribution in [3.63, 3.8) is 0 Å². The van der Waals surface area contributed by atoms with Crippen LogP contribution in [0, 0.1) is 0 Å². The smallest absolute Gasteiger partial charge is 0.240 e. The zero-order valence-electron chi connectivity index (χ0n) is 10.7. The highest BCUT2D eigenvalue weighted by atomic mass is 32.2. The van der Waals surface area contributed by atoms with E-state index in [-0.39, 0.29) is 4.90 Å². The van der Waals surface area contributed by atoms with E-state index < -0.39 is 10.0 Å². The van der Waals surface area contributed by atoms with Crippen LogP contribution in [0.4, 0.5) is 5.69 Å². The van der Waals surface area contributed by atoms with Gasteiger partial charge in [0, 0.05) is 13.6 Å². The summed E-state index contributed by atoms with van der Waals surface area (Å²) in [7, 11) is -1.81. The Hall–Kier alpha value is -1.11. The second kappa shape index (κ2) is 6.72. The molecular weight excluding hydrogens is 250 g/mol. The van der Waals surface area contributed by atoms with Crippen molar-refractivity contribution in [1.29, 1.82) is 0 Å². The summed E-state index contributed by atoms with van der Waals surface area (Å²) in [6.07, 6.45) is 3.01. The Kier molecular flexibility index (Phi) is 5.58. The third kappa shape index (κ3) is 4.29. The summed E-state index contributed by atoms with van der Waals surface area (Å²) in [5.41, 5.74) is 6.07. The van der Waals surface area contributed by atoms with E-state index >= 15 is 0 Å². The summed E-state index contributed by atoms with van der Waals surface area (Å²) in [5, 5.41) is 5.20. The maximum absolute atomic E-state index is 11.5. The van der Waals surface area contributed by atoms with Gasteiger partial charge in [-0.05, 0) is 31.5 Å². The molecule has 0 aliphatic heterocycles. The Morgan fingerprint density at radius 3 is 2.44 bits per heavy atom. The van der Waals surface area contributed by atoms with Crippen molar-refractivity contribution in [1.82, 2.24) is 0 Å². The van der Waals surface area contributed by atoms with Gasteiger partial charge in [0.1, 0.15) is 4.90 Å². The molecule has 0 saturated heterocycles. The predicted molar refractivity (Wildman–Crippen MR) is 74.0 cm³/mol. The van der Waals surface area contributed by atoms with Gasteiger partial charge in [-0.1, -0.05) is 18.6 Å². The number of para-hydroxylation sites is 1. The normalized spacial score (nSPS) is 11.5. The van der Waals surface area contributed by atoms with Gasteiger partial charge in [-0.2, -0.15) is 0 Å². The van der Waals surface area contributed by atoms with E-state index in [0.717, 1.165) is 25.8 Å². The van der Waals surface area contributed by atoms with Gasteiger partial charge in [0.05, 0.1) is 5.69 Å². The lowest BCUT2D eigenvalue weighted by atomic mass is 10.2. The first kappa shape index (κ1) is 14.9.